The normalized spacial score (nSPS) is 11.8. The molecule has 0 spiro atoms. The Bertz CT molecular complexity index is 1640. The van der Waals surface area contributed by atoms with Gasteiger partial charge in [0, 0.05) is 0 Å². The van der Waals surface area contributed by atoms with Gasteiger partial charge in [0.25, 0.3) is 0 Å². The van der Waals surface area contributed by atoms with E-state index in [9.17, 15) is 0 Å². The molecule has 0 heterocycles. The zero-order valence-corrected chi connectivity index (χ0v) is 21.1. The second kappa shape index (κ2) is 8.81. The van der Waals surface area contributed by atoms with E-state index in [1.54, 1.807) is 0 Å². The molecule has 6 aromatic rings. The van der Waals surface area contributed by atoms with E-state index in [0.29, 0.717) is 0 Å². The number of hydrogen-bond acceptors (Lipinski definition) is 0. The highest BCUT2D eigenvalue weighted by Gasteiger charge is 2.16. The second-order valence-electron chi connectivity index (χ2n) is 10.7. The third kappa shape index (κ3) is 4.10. The van der Waals surface area contributed by atoms with Crippen LogP contribution in [-0.2, 0) is 5.41 Å². The molecule has 36 heavy (non-hydrogen) atoms. The highest BCUT2D eigenvalue weighted by atomic mass is 14.2. The molecule has 0 aliphatic carbocycles. The van der Waals surface area contributed by atoms with E-state index < -0.39 is 0 Å². The highest BCUT2D eigenvalue weighted by Crippen LogP contribution is 2.40. The Morgan fingerprint density at radius 2 is 0.917 bits per heavy atom. The van der Waals surface area contributed by atoms with E-state index in [1.807, 2.05) is 0 Å². The molecule has 0 atom stereocenters. The molecule has 0 fully saturated rings. The molecule has 0 saturated carbocycles. The number of benzene rings is 6. The van der Waals surface area contributed by atoms with Crippen LogP contribution in [0.25, 0.3) is 54.9 Å². The van der Waals surface area contributed by atoms with Crippen LogP contribution in [0.1, 0.15) is 26.3 Å². The van der Waals surface area contributed by atoms with Gasteiger partial charge in [-0.05, 0) is 90.2 Å². The lowest BCUT2D eigenvalue weighted by Gasteiger charge is -2.20. The lowest BCUT2D eigenvalue weighted by molar-refractivity contribution is 0.590. The summed E-state index contributed by atoms with van der Waals surface area (Å²) in [5, 5.41) is 5.12. The van der Waals surface area contributed by atoms with Crippen molar-refractivity contribution < 1.29 is 0 Å². The average molecular weight is 463 g/mol. The van der Waals surface area contributed by atoms with Crippen molar-refractivity contribution >= 4 is 21.5 Å². The van der Waals surface area contributed by atoms with Gasteiger partial charge in [-0.15, -0.1) is 0 Å². The van der Waals surface area contributed by atoms with Gasteiger partial charge < -0.3 is 0 Å². The SMILES string of the molecule is CC(C)(C)c1cccc(-c2cc(-c3ccccc3)cc(-c3c4ccccc4cc4ccccc34)c2)c1. The first-order valence-corrected chi connectivity index (χ1v) is 12.7. The minimum atomic E-state index is 0.0989. The van der Waals surface area contributed by atoms with Crippen LogP contribution in [0.15, 0.2) is 127 Å². The molecule has 0 nitrogen and oxygen atoms in total. The number of rotatable bonds is 3. The fourth-order valence-electron chi connectivity index (χ4n) is 5.23. The smallest absolute Gasteiger partial charge is 0.00264 e. The molecule has 0 aromatic heterocycles. The van der Waals surface area contributed by atoms with Gasteiger partial charge in [0.2, 0.25) is 0 Å². The van der Waals surface area contributed by atoms with Crippen LogP contribution in [-0.4, -0.2) is 0 Å². The molecule has 0 N–H and O–H groups in total. The number of fused-ring (bicyclic) bond motifs is 2. The van der Waals surface area contributed by atoms with Crippen molar-refractivity contribution in [2.24, 2.45) is 0 Å². The molecule has 0 unspecified atom stereocenters. The molecular weight excluding hydrogens is 432 g/mol. The summed E-state index contributed by atoms with van der Waals surface area (Å²) in [6, 6.07) is 46.7. The Morgan fingerprint density at radius 1 is 0.389 bits per heavy atom. The minimum absolute atomic E-state index is 0.0989. The van der Waals surface area contributed by atoms with Crippen molar-refractivity contribution in [3.63, 3.8) is 0 Å². The molecule has 174 valence electrons. The molecule has 0 bridgehead atoms. The van der Waals surface area contributed by atoms with Crippen molar-refractivity contribution in [3.05, 3.63) is 133 Å². The van der Waals surface area contributed by atoms with E-state index in [1.165, 1.54) is 60.5 Å². The molecule has 0 saturated heterocycles. The zero-order valence-electron chi connectivity index (χ0n) is 21.1. The van der Waals surface area contributed by atoms with E-state index in [-0.39, 0.29) is 5.41 Å². The van der Waals surface area contributed by atoms with Gasteiger partial charge in [-0.2, -0.15) is 0 Å². The van der Waals surface area contributed by atoms with Gasteiger partial charge in [0.05, 0.1) is 0 Å². The Balaban J connectivity index is 1.68. The first kappa shape index (κ1) is 22.3. The van der Waals surface area contributed by atoms with Crippen molar-refractivity contribution in [3.8, 4) is 33.4 Å². The Labute approximate surface area is 213 Å². The molecule has 0 aliphatic heterocycles. The van der Waals surface area contributed by atoms with Crippen LogP contribution < -0.4 is 0 Å². The third-order valence-electron chi connectivity index (χ3n) is 7.16. The summed E-state index contributed by atoms with van der Waals surface area (Å²) in [6.07, 6.45) is 0. The quantitative estimate of drug-likeness (QED) is 0.229. The lowest BCUT2D eigenvalue weighted by atomic mass is 9.84. The summed E-state index contributed by atoms with van der Waals surface area (Å²) in [4.78, 5) is 0. The second-order valence-corrected chi connectivity index (χ2v) is 10.7. The summed E-state index contributed by atoms with van der Waals surface area (Å²) >= 11 is 0. The van der Waals surface area contributed by atoms with Crippen molar-refractivity contribution in [2.45, 2.75) is 26.2 Å². The predicted molar refractivity (Wildman–Crippen MR) is 156 cm³/mol. The van der Waals surface area contributed by atoms with Crippen LogP contribution in [0.2, 0.25) is 0 Å². The zero-order chi connectivity index (χ0) is 24.7. The molecule has 0 amide bonds. The topological polar surface area (TPSA) is 0 Å². The van der Waals surface area contributed by atoms with Gasteiger partial charge in [-0.1, -0.05) is 124 Å². The maximum atomic E-state index is 2.38. The van der Waals surface area contributed by atoms with Gasteiger partial charge >= 0.3 is 0 Å². The fraction of sp³-hybridized carbons (Fsp3) is 0.111. The maximum Gasteiger partial charge on any atom is -0.00264 e. The fourth-order valence-corrected chi connectivity index (χ4v) is 5.23. The van der Waals surface area contributed by atoms with Crippen molar-refractivity contribution in [2.75, 3.05) is 0 Å². The summed E-state index contributed by atoms with van der Waals surface area (Å²) in [5.74, 6) is 0. The van der Waals surface area contributed by atoms with E-state index in [0.717, 1.165) is 0 Å². The monoisotopic (exact) mass is 462 g/mol. The summed E-state index contributed by atoms with van der Waals surface area (Å²) in [7, 11) is 0. The average Bonchev–Trinajstić information content (AvgIpc) is 2.91. The standard InChI is InChI=1S/C36H30/c1-36(2,3)32-17-11-16-26(24-32)30-21-29(25-12-5-4-6-13-25)22-31(23-30)35-33-18-9-7-14-27(33)20-28-15-8-10-19-34(28)35/h4-24H,1-3H3. The lowest BCUT2D eigenvalue weighted by Crippen LogP contribution is -2.10. The molecule has 0 radical (unpaired) electrons. The first-order valence-electron chi connectivity index (χ1n) is 12.7. The predicted octanol–water partition coefficient (Wildman–Crippen LogP) is 10.3. The third-order valence-corrected chi connectivity index (χ3v) is 7.16. The Hall–Kier alpha value is -4.16. The van der Waals surface area contributed by atoms with E-state index in [4.69, 9.17) is 0 Å². The summed E-state index contributed by atoms with van der Waals surface area (Å²) < 4.78 is 0. The van der Waals surface area contributed by atoms with Crippen LogP contribution in [0.3, 0.4) is 0 Å². The van der Waals surface area contributed by atoms with Crippen LogP contribution in [0.4, 0.5) is 0 Å². The Morgan fingerprint density at radius 3 is 1.56 bits per heavy atom. The van der Waals surface area contributed by atoms with Crippen LogP contribution >= 0.6 is 0 Å². The van der Waals surface area contributed by atoms with Gasteiger partial charge in [-0.3, -0.25) is 0 Å². The molecule has 0 heteroatoms. The maximum absolute atomic E-state index is 2.38. The van der Waals surface area contributed by atoms with Gasteiger partial charge in [0.1, 0.15) is 0 Å². The van der Waals surface area contributed by atoms with Crippen molar-refractivity contribution in [1.29, 1.82) is 0 Å². The molecular formula is C36H30. The Kier molecular flexibility index (Phi) is 5.46. The largest absolute Gasteiger partial charge is 0.0622 e. The highest BCUT2D eigenvalue weighted by molar-refractivity contribution is 6.13. The first-order chi connectivity index (χ1) is 17.5. The minimum Gasteiger partial charge on any atom is -0.0622 e. The van der Waals surface area contributed by atoms with E-state index in [2.05, 4.69) is 148 Å². The van der Waals surface area contributed by atoms with Crippen LogP contribution in [0.5, 0.6) is 0 Å². The summed E-state index contributed by atoms with van der Waals surface area (Å²) in [5.41, 5.74) is 8.97. The van der Waals surface area contributed by atoms with E-state index >= 15 is 0 Å². The number of hydrogen-bond donors (Lipinski definition) is 0. The summed E-state index contributed by atoms with van der Waals surface area (Å²) in [6.45, 7) is 6.83. The van der Waals surface area contributed by atoms with Gasteiger partial charge in [-0.25, -0.2) is 0 Å². The van der Waals surface area contributed by atoms with Gasteiger partial charge in [0.15, 0.2) is 0 Å². The molecule has 6 aromatic carbocycles. The molecule has 6 rings (SSSR count). The van der Waals surface area contributed by atoms with Crippen molar-refractivity contribution in [1.82, 2.24) is 0 Å². The van der Waals surface area contributed by atoms with Crippen LogP contribution in [0, 0.1) is 0 Å². The molecule has 0 aliphatic rings.